The molecule has 0 fully saturated rings. The van der Waals surface area contributed by atoms with E-state index in [9.17, 15) is 24.5 Å². The standard InChI is InChI=1S/C22H23NO8/c1-11-12(2)21(30-16(6)26)19(13(3)20(11)29-15(5)25)22(14(4)24)31-18-10-8-7-9-17(18)23(27)28/h7-10,22H,1-6H3. The molecule has 0 heterocycles. The molecule has 0 aliphatic carbocycles. The first-order valence-electron chi connectivity index (χ1n) is 9.36. The molecule has 1 atom stereocenters. The van der Waals surface area contributed by atoms with E-state index in [0.29, 0.717) is 16.7 Å². The summed E-state index contributed by atoms with van der Waals surface area (Å²) in [6.45, 7) is 8.61. The van der Waals surface area contributed by atoms with Crippen LogP contribution in [-0.4, -0.2) is 22.6 Å². The molecule has 164 valence electrons. The zero-order valence-corrected chi connectivity index (χ0v) is 18.1. The molecule has 2 aromatic carbocycles. The molecule has 9 heteroatoms. The van der Waals surface area contributed by atoms with Crippen LogP contribution in [0.3, 0.4) is 0 Å². The summed E-state index contributed by atoms with van der Waals surface area (Å²) in [5.41, 5.74) is 1.17. The summed E-state index contributed by atoms with van der Waals surface area (Å²) in [4.78, 5) is 46.8. The minimum atomic E-state index is -1.36. The zero-order valence-electron chi connectivity index (χ0n) is 18.1. The highest BCUT2D eigenvalue weighted by Gasteiger charge is 2.32. The number of nitro benzene ring substituents is 1. The highest BCUT2D eigenvalue weighted by molar-refractivity contribution is 5.86. The van der Waals surface area contributed by atoms with Gasteiger partial charge in [-0.25, -0.2) is 0 Å². The number of carbonyl (C=O) groups is 3. The Labute approximate surface area is 179 Å². The summed E-state index contributed by atoms with van der Waals surface area (Å²) in [6, 6.07) is 5.61. The lowest BCUT2D eigenvalue weighted by atomic mass is 9.92. The van der Waals surface area contributed by atoms with E-state index in [-0.39, 0.29) is 28.5 Å². The van der Waals surface area contributed by atoms with E-state index in [4.69, 9.17) is 14.2 Å². The number of hydrogen-bond acceptors (Lipinski definition) is 8. The van der Waals surface area contributed by atoms with Crippen LogP contribution >= 0.6 is 0 Å². The van der Waals surface area contributed by atoms with E-state index in [1.165, 1.54) is 45.0 Å². The third kappa shape index (κ3) is 5.06. The molecule has 2 aromatic rings. The van der Waals surface area contributed by atoms with Gasteiger partial charge in [0.2, 0.25) is 0 Å². The first kappa shape index (κ1) is 23.5. The lowest BCUT2D eigenvalue weighted by molar-refractivity contribution is -0.386. The third-order valence-corrected chi connectivity index (χ3v) is 4.66. The molecule has 0 aliphatic heterocycles. The minimum Gasteiger partial charge on any atom is -0.471 e. The second kappa shape index (κ2) is 9.38. The van der Waals surface area contributed by atoms with Gasteiger partial charge in [0.05, 0.1) is 4.92 Å². The van der Waals surface area contributed by atoms with Crippen molar-refractivity contribution in [3.05, 3.63) is 56.6 Å². The number of ether oxygens (including phenoxy) is 3. The molecule has 31 heavy (non-hydrogen) atoms. The first-order chi connectivity index (χ1) is 14.5. The van der Waals surface area contributed by atoms with Crippen molar-refractivity contribution in [2.45, 2.75) is 47.6 Å². The molecule has 9 nitrogen and oxygen atoms in total. The van der Waals surface area contributed by atoms with Crippen molar-refractivity contribution in [1.82, 2.24) is 0 Å². The highest BCUT2D eigenvalue weighted by atomic mass is 16.6. The molecular weight excluding hydrogens is 406 g/mol. The third-order valence-electron chi connectivity index (χ3n) is 4.66. The summed E-state index contributed by atoms with van der Waals surface area (Å²) in [5, 5.41) is 11.4. The molecule has 0 bridgehead atoms. The Hall–Kier alpha value is -3.75. The van der Waals surface area contributed by atoms with Gasteiger partial charge in [-0.1, -0.05) is 12.1 Å². The average molecular weight is 429 g/mol. The predicted octanol–water partition coefficient (Wildman–Crippen LogP) is 4.08. The van der Waals surface area contributed by atoms with Crippen LogP contribution in [0.2, 0.25) is 0 Å². The first-order valence-corrected chi connectivity index (χ1v) is 9.36. The van der Waals surface area contributed by atoms with Crippen LogP contribution in [0.1, 0.15) is 49.1 Å². The Morgan fingerprint density at radius 3 is 1.90 bits per heavy atom. The van der Waals surface area contributed by atoms with E-state index in [1.807, 2.05) is 0 Å². The number of esters is 2. The van der Waals surface area contributed by atoms with Crippen LogP contribution < -0.4 is 14.2 Å². The number of nitro groups is 1. The van der Waals surface area contributed by atoms with Gasteiger partial charge in [0, 0.05) is 31.0 Å². The van der Waals surface area contributed by atoms with Crippen molar-refractivity contribution < 1.29 is 33.5 Å². The topological polar surface area (TPSA) is 122 Å². The van der Waals surface area contributed by atoms with Gasteiger partial charge in [-0.05, 0) is 44.9 Å². The average Bonchev–Trinajstić information content (AvgIpc) is 2.68. The maximum atomic E-state index is 12.6. The minimum absolute atomic E-state index is 0.0807. The fourth-order valence-electron chi connectivity index (χ4n) is 3.18. The quantitative estimate of drug-likeness (QED) is 0.279. The number of rotatable bonds is 7. The molecule has 0 N–H and O–H groups in total. The smallest absolute Gasteiger partial charge is 0.310 e. The summed E-state index contributed by atoms with van der Waals surface area (Å²) in [7, 11) is 0. The van der Waals surface area contributed by atoms with Crippen LogP contribution in [0.25, 0.3) is 0 Å². The largest absolute Gasteiger partial charge is 0.471 e. The lowest BCUT2D eigenvalue weighted by Crippen LogP contribution is -2.21. The van der Waals surface area contributed by atoms with Gasteiger partial charge in [0.15, 0.2) is 17.6 Å². The number of para-hydroxylation sites is 2. The van der Waals surface area contributed by atoms with Crippen LogP contribution in [-0.2, 0) is 14.4 Å². The number of Topliss-reactive ketones (excluding diaryl/α,β-unsaturated/α-hetero) is 1. The van der Waals surface area contributed by atoms with E-state index < -0.39 is 28.7 Å². The van der Waals surface area contributed by atoms with Gasteiger partial charge in [-0.3, -0.25) is 24.5 Å². The van der Waals surface area contributed by atoms with Crippen molar-refractivity contribution in [1.29, 1.82) is 0 Å². The second-order valence-corrected chi connectivity index (χ2v) is 6.97. The molecule has 0 saturated carbocycles. The molecular formula is C22H23NO8. The van der Waals surface area contributed by atoms with Crippen LogP contribution in [0.4, 0.5) is 5.69 Å². The summed E-state index contributed by atoms with van der Waals surface area (Å²) >= 11 is 0. The number of ketones is 1. The second-order valence-electron chi connectivity index (χ2n) is 6.97. The Kier molecular flexibility index (Phi) is 7.12. The van der Waals surface area contributed by atoms with E-state index >= 15 is 0 Å². The van der Waals surface area contributed by atoms with Crippen molar-refractivity contribution in [2.75, 3.05) is 0 Å². The summed E-state index contributed by atoms with van der Waals surface area (Å²) in [5.74, 6) is -1.54. The summed E-state index contributed by atoms with van der Waals surface area (Å²) < 4.78 is 16.5. The van der Waals surface area contributed by atoms with Gasteiger partial charge in [0.1, 0.15) is 11.5 Å². The normalized spacial score (nSPS) is 11.4. The maximum absolute atomic E-state index is 12.6. The van der Waals surface area contributed by atoms with Crippen LogP contribution in [0.5, 0.6) is 17.2 Å². The number of hydrogen-bond donors (Lipinski definition) is 0. The Morgan fingerprint density at radius 2 is 1.39 bits per heavy atom. The molecule has 0 spiro atoms. The van der Waals surface area contributed by atoms with Crippen molar-refractivity contribution in [3.63, 3.8) is 0 Å². The molecule has 0 saturated heterocycles. The molecule has 0 radical (unpaired) electrons. The number of carbonyl (C=O) groups excluding carboxylic acids is 3. The monoisotopic (exact) mass is 429 g/mol. The molecule has 1 unspecified atom stereocenters. The van der Waals surface area contributed by atoms with E-state index in [0.717, 1.165) is 0 Å². The molecule has 0 aromatic heterocycles. The van der Waals surface area contributed by atoms with Gasteiger partial charge in [0.25, 0.3) is 0 Å². The van der Waals surface area contributed by atoms with E-state index in [2.05, 4.69) is 0 Å². The number of nitrogens with zero attached hydrogens (tertiary/aromatic N) is 1. The van der Waals surface area contributed by atoms with E-state index in [1.54, 1.807) is 20.8 Å². The highest BCUT2D eigenvalue weighted by Crippen LogP contribution is 2.43. The fraction of sp³-hybridized carbons (Fsp3) is 0.318. The lowest BCUT2D eigenvalue weighted by Gasteiger charge is -2.25. The van der Waals surface area contributed by atoms with Gasteiger partial charge >= 0.3 is 17.6 Å². The van der Waals surface area contributed by atoms with Crippen molar-refractivity contribution in [2.24, 2.45) is 0 Å². The fourth-order valence-corrected chi connectivity index (χ4v) is 3.18. The molecule has 2 rings (SSSR count). The van der Waals surface area contributed by atoms with Gasteiger partial charge < -0.3 is 14.2 Å². The Balaban J connectivity index is 2.80. The Morgan fingerprint density at radius 1 is 0.871 bits per heavy atom. The van der Waals surface area contributed by atoms with Crippen LogP contribution in [0.15, 0.2) is 24.3 Å². The van der Waals surface area contributed by atoms with Crippen molar-refractivity contribution >= 4 is 23.4 Å². The SMILES string of the molecule is CC(=O)Oc1c(C)c(C)c(OC(C)=O)c(C(Oc2ccccc2[N+](=O)[O-])C(C)=O)c1C. The van der Waals surface area contributed by atoms with Crippen molar-refractivity contribution in [3.8, 4) is 17.2 Å². The van der Waals surface area contributed by atoms with Crippen LogP contribution in [0, 0.1) is 30.9 Å². The van der Waals surface area contributed by atoms with Gasteiger partial charge in [-0.2, -0.15) is 0 Å². The zero-order chi connectivity index (χ0) is 23.5. The Bertz CT molecular complexity index is 1070. The summed E-state index contributed by atoms with van der Waals surface area (Å²) in [6.07, 6.45) is -1.36. The number of benzene rings is 2. The molecule has 0 amide bonds. The van der Waals surface area contributed by atoms with Gasteiger partial charge in [-0.15, -0.1) is 0 Å². The maximum Gasteiger partial charge on any atom is 0.310 e. The predicted molar refractivity (Wildman–Crippen MR) is 110 cm³/mol. The molecule has 0 aliphatic rings.